The number of rotatable bonds is 3. The summed E-state index contributed by atoms with van der Waals surface area (Å²) in [5.74, 6) is 0. The molecule has 0 bridgehead atoms. The van der Waals surface area contributed by atoms with E-state index in [9.17, 15) is 4.79 Å². The second-order valence-electron chi connectivity index (χ2n) is 5.16. The van der Waals surface area contributed by atoms with Gasteiger partial charge in [-0.2, -0.15) is 0 Å². The number of anilines is 2. The highest BCUT2D eigenvalue weighted by Gasteiger charge is 2.10. The average Bonchev–Trinajstić information content (AvgIpc) is 2.99. The standard InChI is InChI=1S/C17H16N4OS/c1-11-8-9-13(10-12(11)2)15-20-21-17(23-15)19-16(22)18-14-6-4-3-5-7-14/h3-10H,1-2H3,(H2,18,19,21,22). The highest BCUT2D eigenvalue weighted by molar-refractivity contribution is 7.18. The minimum absolute atomic E-state index is 0.334. The molecule has 0 saturated carbocycles. The molecule has 3 rings (SSSR count). The Morgan fingerprint density at radius 2 is 1.74 bits per heavy atom. The molecule has 0 radical (unpaired) electrons. The molecule has 0 atom stereocenters. The van der Waals surface area contributed by atoms with Gasteiger partial charge in [-0.3, -0.25) is 5.32 Å². The molecule has 6 heteroatoms. The largest absolute Gasteiger partial charge is 0.325 e. The molecule has 1 heterocycles. The molecule has 3 aromatic rings. The summed E-state index contributed by atoms with van der Waals surface area (Å²) in [5.41, 5.74) is 4.17. The van der Waals surface area contributed by atoms with E-state index in [1.165, 1.54) is 22.5 Å². The van der Waals surface area contributed by atoms with Crippen LogP contribution in [0.2, 0.25) is 0 Å². The SMILES string of the molecule is Cc1ccc(-c2nnc(NC(=O)Nc3ccccc3)s2)cc1C. The molecule has 2 amide bonds. The Hall–Kier alpha value is -2.73. The third-order valence-electron chi connectivity index (χ3n) is 3.43. The van der Waals surface area contributed by atoms with Gasteiger partial charge in [0.15, 0.2) is 0 Å². The maximum atomic E-state index is 11.9. The van der Waals surface area contributed by atoms with Crippen molar-refractivity contribution >= 4 is 28.2 Å². The zero-order chi connectivity index (χ0) is 16.2. The first-order valence-corrected chi connectivity index (χ1v) is 7.97. The molecular formula is C17H16N4OS. The fourth-order valence-electron chi connectivity index (χ4n) is 2.05. The number of hydrogen-bond donors (Lipinski definition) is 2. The fourth-order valence-corrected chi connectivity index (χ4v) is 2.78. The average molecular weight is 324 g/mol. The molecule has 2 aromatic carbocycles. The number of amides is 2. The van der Waals surface area contributed by atoms with Crippen molar-refractivity contribution in [3.05, 3.63) is 59.7 Å². The Balaban J connectivity index is 1.69. The lowest BCUT2D eigenvalue weighted by molar-refractivity contribution is 0.262. The van der Waals surface area contributed by atoms with Crippen LogP contribution in [0.4, 0.5) is 15.6 Å². The number of hydrogen-bond acceptors (Lipinski definition) is 4. The van der Waals surface area contributed by atoms with Crippen molar-refractivity contribution in [2.45, 2.75) is 13.8 Å². The number of carbonyl (C=O) groups is 1. The Labute approximate surface area is 138 Å². The highest BCUT2D eigenvalue weighted by atomic mass is 32.1. The van der Waals surface area contributed by atoms with Gasteiger partial charge in [0.1, 0.15) is 5.01 Å². The quantitative estimate of drug-likeness (QED) is 0.747. The molecule has 23 heavy (non-hydrogen) atoms. The summed E-state index contributed by atoms with van der Waals surface area (Å²) < 4.78 is 0. The van der Waals surface area contributed by atoms with Crippen LogP contribution in [0.3, 0.4) is 0 Å². The van der Waals surface area contributed by atoms with Crippen molar-refractivity contribution in [2.75, 3.05) is 10.6 Å². The van der Waals surface area contributed by atoms with E-state index in [0.29, 0.717) is 5.13 Å². The fraction of sp³-hybridized carbons (Fsp3) is 0.118. The van der Waals surface area contributed by atoms with Crippen molar-refractivity contribution in [1.82, 2.24) is 10.2 Å². The monoisotopic (exact) mass is 324 g/mol. The third kappa shape index (κ3) is 3.73. The van der Waals surface area contributed by atoms with E-state index in [1.807, 2.05) is 36.4 Å². The molecule has 0 aliphatic rings. The molecule has 1 aromatic heterocycles. The van der Waals surface area contributed by atoms with Gasteiger partial charge < -0.3 is 5.32 Å². The Morgan fingerprint density at radius 1 is 0.957 bits per heavy atom. The molecule has 0 aliphatic carbocycles. The van der Waals surface area contributed by atoms with E-state index in [2.05, 4.69) is 46.8 Å². The second kappa shape index (κ2) is 6.58. The number of urea groups is 1. The minimum Gasteiger partial charge on any atom is -0.308 e. The Bertz CT molecular complexity index is 830. The van der Waals surface area contributed by atoms with Gasteiger partial charge in [-0.25, -0.2) is 4.79 Å². The van der Waals surface area contributed by atoms with Crippen LogP contribution in [-0.2, 0) is 0 Å². The van der Waals surface area contributed by atoms with Crippen LogP contribution in [0.25, 0.3) is 10.6 Å². The summed E-state index contributed by atoms with van der Waals surface area (Å²) in [5, 5.41) is 14.9. The molecule has 116 valence electrons. The Kier molecular flexibility index (Phi) is 4.34. The van der Waals surface area contributed by atoms with Crippen LogP contribution in [-0.4, -0.2) is 16.2 Å². The smallest absolute Gasteiger partial charge is 0.308 e. The third-order valence-corrected chi connectivity index (χ3v) is 4.32. The molecule has 2 N–H and O–H groups in total. The van der Waals surface area contributed by atoms with Gasteiger partial charge >= 0.3 is 6.03 Å². The molecular weight excluding hydrogens is 308 g/mol. The van der Waals surface area contributed by atoms with Crippen molar-refractivity contribution in [2.24, 2.45) is 0 Å². The van der Waals surface area contributed by atoms with Crippen LogP contribution < -0.4 is 10.6 Å². The topological polar surface area (TPSA) is 66.9 Å². The van der Waals surface area contributed by atoms with Gasteiger partial charge in [0, 0.05) is 11.3 Å². The van der Waals surface area contributed by atoms with Crippen LogP contribution in [0.1, 0.15) is 11.1 Å². The van der Waals surface area contributed by atoms with Gasteiger partial charge in [-0.05, 0) is 43.2 Å². The van der Waals surface area contributed by atoms with Crippen LogP contribution in [0.15, 0.2) is 48.5 Å². The number of nitrogens with zero attached hydrogens (tertiary/aromatic N) is 2. The van der Waals surface area contributed by atoms with E-state index in [-0.39, 0.29) is 6.03 Å². The number of para-hydroxylation sites is 1. The highest BCUT2D eigenvalue weighted by Crippen LogP contribution is 2.27. The predicted molar refractivity (Wildman–Crippen MR) is 93.9 cm³/mol. The predicted octanol–water partition coefficient (Wildman–Crippen LogP) is 4.47. The molecule has 0 fully saturated rings. The number of benzene rings is 2. The minimum atomic E-state index is -0.334. The molecule has 0 saturated heterocycles. The number of aryl methyl sites for hydroxylation is 2. The lowest BCUT2D eigenvalue weighted by Gasteiger charge is -2.04. The summed E-state index contributed by atoms with van der Waals surface area (Å²) in [4.78, 5) is 11.9. The first-order valence-electron chi connectivity index (χ1n) is 7.16. The molecule has 5 nitrogen and oxygen atoms in total. The summed E-state index contributed by atoms with van der Waals surface area (Å²) in [7, 11) is 0. The first kappa shape index (κ1) is 15.2. The van der Waals surface area contributed by atoms with Gasteiger partial charge in [-0.15, -0.1) is 10.2 Å². The molecule has 0 spiro atoms. The maximum Gasteiger partial charge on any atom is 0.325 e. The van der Waals surface area contributed by atoms with Crippen molar-refractivity contribution < 1.29 is 4.79 Å². The first-order chi connectivity index (χ1) is 11.1. The lowest BCUT2D eigenvalue weighted by atomic mass is 10.1. The van der Waals surface area contributed by atoms with Crippen molar-refractivity contribution in [3.63, 3.8) is 0 Å². The van der Waals surface area contributed by atoms with E-state index in [4.69, 9.17) is 0 Å². The van der Waals surface area contributed by atoms with Crippen molar-refractivity contribution in [3.8, 4) is 10.6 Å². The summed E-state index contributed by atoms with van der Waals surface area (Å²) in [6.07, 6.45) is 0. The zero-order valence-corrected chi connectivity index (χ0v) is 13.6. The Morgan fingerprint density at radius 3 is 2.48 bits per heavy atom. The summed E-state index contributed by atoms with van der Waals surface area (Å²) >= 11 is 1.35. The second-order valence-corrected chi connectivity index (χ2v) is 6.13. The molecule has 0 aliphatic heterocycles. The molecule has 0 unspecified atom stereocenters. The van der Waals surface area contributed by atoms with E-state index < -0.39 is 0 Å². The van der Waals surface area contributed by atoms with Crippen LogP contribution >= 0.6 is 11.3 Å². The van der Waals surface area contributed by atoms with E-state index >= 15 is 0 Å². The van der Waals surface area contributed by atoms with Gasteiger partial charge in [0.25, 0.3) is 0 Å². The van der Waals surface area contributed by atoms with Crippen molar-refractivity contribution in [1.29, 1.82) is 0 Å². The van der Waals surface area contributed by atoms with Crippen LogP contribution in [0, 0.1) is 13.8 Å². The number of nitrogens with one attached hydrogen (secondary N) is 2. The van der Waals surface area contributed by atoms with Crippen LogP contribution in [0.5, 0.6) is 0 Å². The maximum absolute atomic E-state index is 11.9. The van der Waals surface area contributed by atoms with E-state index in [0.717, 1.165) is 16.3 Å². The van der Waals surface area contributed by atoms with Gasteiger partial charge in [0.2, 0.25) is 5.13 Å². The number of aromatic nitrogens is 2. The van der Waals surface area contributed by atoms with Gasteiger partial charge in [-0.1, -0.05) is 41.7 Å². The summed E-state index contributed by atoms with van der Waals surface area (Å²) in [6.45, 7) is 4.13. The van der Waals surface area contributed by atoms with Gasteiger partial charge in [0.05, 0.1) is 0 Å². The van der Waals surface area contributed by atoms with E-state index in [1.54, 1.807) is 0 Å². The number of carbonyl (C=O) groups excluding carboxylic acids is 1. The normalized spacial score (nSPS) is 10.3. The summed E-state index contributed by atoms with van der Waals surface area (Å²) in [6, 6.07) is 15.1. The lowest BCUT2D eigenvalue weighted by Crippen LogP contribution is -2.19. The zero-order valence-electron chi connectivity index (χ0n) is 12.8.